The molecule has 0 bridgehead atoms. The first-order chi connectivity index (χ1) is 13.8. The van der Waals surface area contributed by atoms with Crippen LogP contribution in [0.2, 0.25) is 0 Å². The van der Waals surface area contributed by atoms with Crippen molar-refractivity contribution in [3.05, 3.63) is 71.3 Å². The SMILES string of the molecule is CC(C)(C)OC(=O)N[C@@H](Cc1ccccc1)[C@@H](O)CN[C@@H]1CCc2ccccc21. The van der Waals surface area contributed by atoms with E-state index < -0.39 is 23.8 Å². The number of fused-ring (bicyclic) bond motifs is 1. The number of aliphatic hydroxyl groups is 1. The molecule has 0 spiro atoms. The van der Waals surface area contributed by atoms with Crippen molar-refractivity contribution < 1.29 is 14.6 Å². The van der Waals surface area contributed by atoms with Crippen LogP contribution in [0.15, 0.2) is 54.6 Å². The number of aryl methyl sites for hydroxylation is 1. The van der Waals surface area contributed by atoms with E-state index in [0.717, 1.165) is 18.4 Å². The van der Waals surface area contributed by atoms with Gasteiger partial charge in [0.2, 0.25) is 0 Å². The van der Waals surface area contributed by atoms with E-state index in [4.69, 9.17) is 4.74 Å². The molecule has 5 nitrogen and oxygen atoms in total. The highest BCUT2D eigenvalue weighted by molar-refractivity contribution is 5.68. The van der Waals surface area contributed by atoms with Crippen LogP contribution in [-0.4, -0.2) is 35.5 Å². The number of carbonyl (C=O) groups is 1. The molecule has 0 saturated carbocycles. The van der Waals surface area contributed by atoms with Crippen molar-refractivity contribution in [2.45, 2.75) is 63.8 Å². The van der Waals surface area contributed by atoms with Gasteiger partial charge in [0.05, 0.1) is 12.1 Å². The van der Waals surface area contributed by atoms with E-state index in [1.807, 2.05) is 51.1 Å². The smallest absolute Gasteiger partial charge is 0.407 e. The van der Waals surface area contributed by atoms with Crippen molar-refractivity contribution in [2.75, 3.05) is 6.54 Å². The number of benzene rings is 2. The van der Waals surface area contributed by atoms with Gasteiger partial charge in [-0.25, -0.2) is 4.79 Å². The first kappa shape index (κ1) is 21.3. The van der Waals surface area contributed by atoms with E-state index in [0.29, 0.717) is 13.0 Å². The molecule has 3 rings (SSSR count). The lowest BCUT2D eigenvalue weighted by atomic mass is 10.0. The van der Waals surface area contributed by atoms with Crippen molar-refractivity contribution >= 4 is 6.09 Å². The van der Waals surface area contributed by atoms with Gasteiger partial charge in [-0.3, -0.25) is 0 Å². The number of hydrogen-bond acceptors (Lipinski definition) is 4. The van der Waals surface area contributed by atoms with Gasteiger partial charge >= 0.3 is 6.09 Å². The summed E-state index contributed by atoms with van der Waals surface area (Å²) in [4.78, 5) is 12.3. The third-order valence-electron chi connectivity index (χ3n) is 5.17. The quantitative estimate of drug-likeness (QED) is 0.666. The number of rotatable bonds is 7. The van der Waals surface area contributed by atoms with Crippen LogP contribution in [-0.2, 0) is 17.6 Å². The van der Waals surface area contributed by atoms with Gasteiger partial charge in [-0.2, -0.15) is 0 Å². The fraction of sp³-hybridized carbons (Fsp3) is 0.458. The summed E-state index contributed by atoms with van der Waals surface area (Å²) in [7, 11) is 0. The maximum atomic E-state index is 12.3. The van der Waals surface area contributed by atoms with Crippen molar-refractivity contribution in [3.63, 3.8) is 0 Å². The summed E-state index contributed by atoms with van der Waals surface area (Å²) in [5.74, 6) is 0. The van der Waals surface area contributed by atoms with Crippen LogP contribution in [0, 0.1) is 0 Å². The Bertz CT molecular complexity index is 801. The van der Waals surface area contributed by atoms with Gasteiger partial charge in [-0.1, -0.05) is 54.6 Å². The van der Waals surface area contributed by atoms with Crippen LogP contribution in [0.3, 0.4) is 0 Å². The Hall–Kier alpha value is -2.37. The van der Waals surface area contributed by atoms with Crippen LogP contribution >= 0.6 is 0 Å². The minimum Gasteiger partial charge on any atom is -0.444 e. The molecule has 1 aliphatic rings. The normalized spacial score (nSPS) is 18.0. The predicted octanol–water partition coefficient (Wildman–Crippen LogP) is 3.76. The zero-order valence-corrected chi connectivity index (χ0v) is 17.5. The zero-order chi connectivity index (χ0) is 20.9. The highest BCUT2D eigenvalue weighted by Gasteiger charge is 2.27. The first-order valence-corrected chi connectivity index (χ1v) is 10.3. The van der Waals surface area contributed by atoms with Crippen LogP contribution in [0.1, 0.15) is 49.9 Å². The summed E-state index contributed by atoms with van der Waals surface area (Å²) in [5.41, 5.74) is 3.14. The summed E-state index contributed by atoms with van der Waals surface area (Å²) < 4.78 is 5.40. The number of nitrogens with one attached hydrogen (secondary N) is 2. The third kappa shape index (κ3) is 6.31. The van der Waals surface area contributed by atoms with E-state index in [9.17, 15) is 9.90 Å². The third-order valence-corrected chi connectivity index (χ3v) is 5.17. The van der Waals surface area contributed by atoms with E-state index in [2.05, 4.69) is 34.9 Å². The van der Waals surface area contributed by atoms with Crippen LogP contribution < -0.4 is 10.6 Å². The monoisotopic (exact) mass is 396 g/mol. The van der Waals surface area contributed by atoms with E-state index in [-0.39, 0.29) is 6.04 Å². The van der Waals surface area contributed by atoms with Gasteiger partial charge < -0.3 is 20.5 Å². The second-order valence-corrected chi connectivity index (χ2v) is 8.71. The average molecular weight is 397 g/mol. The Morgan fingerprint density at radius 3 is 2.55 bits per heavy atom. The molecule has 156 valence electrons. The molecule has 5 heteroatoms. The Morgan fingerprint density at radius 2 is 1.83 bits per heavy atom. The molecule has 3 atom stereocenters. The molecule has 0 aliphatic heterocycles. The number of alkyl carbamates (subject to hydrolysis) is 1. The second kappa shape index (κ2) is 9.42. The Labute approximate surface area is 173 Å². The molecule has 0 aromatic heterocycles. The topological polar surface area (TPSA) is 70.6 Å². The van der Waals surface area contributed by atoms with Crippen molar-refractivity contribution in [2.24, 2.45) is 0 Å². The lowest BCUT2D eigenvalue weighted by Gasteiger charge is -2.28. The standard InChI is InChI=1S/C24H32N2O3/c1-24(2,3)29-23(28)26-21(15-17-9-5-4-6-10-17)22(27)16-25-20-14-13-18-11-7-8-12-19(18)20/h4-12,20-22,25,27H,13-16H2,1-3H3,(H,26,28)/t20-,21+,22+/m1/s1. The number of hydrogen-bond donors (Lipinski definition) is 3. The van der Waals surface area contributed by atoms with Crippen molar-refractivity contribution in [3.8, 4) is 0 Å². The Kier molecular flexibility index (Phi) is 6.93. The molecule has 2 aromatic carbocycles. The molecule has 2 aromatic rings. The van der Waals surface area contributed by atoms with Gasteiger partial charge in [0.25, 0.3) is 0 Å². The largest absolute Gasteiger partial charge is 0.444 e. The van der Waals surface area contributed by atoms with Gasteiger partial charge in [0.15, 0.2) is 0 Å². The van der Waals surface area contributed by atoms with Gasteiger partial charge in [0.1, 0.15) is 5.60 Å². The second-order valence-electron chi connectivity index (χ2n) is 8.71. The fourth-order valence-electron chi connectivity index (χ4n) is 3.78. The summed E-state index contributed by atoms with van der Waals surface area (Å²) >= 11 is 0. The molecular formula is C24H32N2O3. The number of carbonyl (C=O) groups excluding carboxylic acids is 1. The molecule has 0 heterocycles. The maximum Gasteiger partial charge on any atom is 0.407 e. The van der Waals surface area contributed by atoms with Crippen LogP contribution in [0.5, 0.6) is 0 Å². The summed E-state index contributed by atoms with van der Waals surface area (Å²) in [6, 6.07) is 18.1. The minimum atomic E-state index is -0.740. The Morgan fingerprint density at radius 1 is 1.14 bits per heavy atom. The summed E-state index contributed by atoms with van der Waals surface area (Å²) in [6.07, 6.45) is 1.35. The molecule has 3 N–H and O–H groups in total. The maximum absolute atomic E-state index is 12.3. The molecule has 0 saturated heterocycles. The highest BCUT2D eigenvalue weighted by Crippen LogP contribution is 2.30. The lowest BCUT2D eigenvalue weighted by Crippen LogP contribution is -2.50. The first-order valence-electron chi connectivity index (χ1n) is 10.3. The van der Waals surface area contributed by atoms with E-state index in [1.54, 1.807) is 0 Å². The molecule has 1 amide bonds. The predicted molar refractivity (Wildman–Crippen MR) is 115 cm³/mol. The molecule has 0 unspecified atom stereocenters. The number of amides is 1. The molecule has 29 heavy (non-hydrogen) atoms. The molecule has 1 aliphatic carbocycles. The van der Waals surface area contributed by atoms with E-state index >= 15 is 0 Å². The van der Waals surface area contributed by atoms with Gasteiger partial charge in [0, 0.05) is 12.6 Å². The van der Waals surface area contributed by atoms with E-state index in [1.165, 1.54) is 11.1 Å². The number of aliphatic hydroxyl groups excluding tert-OH is 1. The van der Waals surface area contributed by atoms with Crippen molar-refractivity contribution in [1.82, 2.24) is 10.6 Å². The summed E-state index contributed by atoms with van der Waals surface area (Å²) in [6.45, 7) is 5.88. The number of ether oxygens (including phenoxy) is 1. The van der Waals surface area contributed by atoms with Gasteiger partial charge in [-0.05, 0) is 56.7 Å². The molecular weight excluding hydrogens is 364 g/mol. The van der Waals surface area contributed by atoms with Crippen LogP contribution in [0.4, 0.5) is 4.79 Å². The molecule has 0 fully saturated rings. The molecule has 0 radical (unpaired) electrons. The minimum absolute atomic E-state index is 0.236. The average Bonchev–Trinajstić information content (AvgIpc) is 3.08. The highest BCUT2D eigenvalue weighted by atomic mass is 16.6. The van der Waals surface area contributed by atoms with Gasteiger partial charge in [-0.15, -0.1) is 0 Å². The lowest BCUT2D eigenvalue weighted by molar-refractivity contribution is 0.0420. The summed E-state index contributed by atoms with van der Waals surface area (Å²) in [5, 5.41) is 17.2. The zero-order valence-electron chi connectivity index (χ0n) is 17.5. The Balaban J connectivity index is 1.63. The van der Waals surface area contributed by atoms with Crippen molar-refractivity contribution in [1.29, 1.82) is 0 Å². The van der Waals surface area contributed by atoms with Crippen LogP contribution in [0.25, 0.3) is 0 Å². The fourth-order valence-corrected chi connectivity index (χ4v) is 3.78.